The summed E-state index contributed by atoms with van der Waals surface area (Å²) in [6.07, 6.45) is 2.18. The molecule has 0 aliphatic heterocycles. The van der Waals surface area contributed by atoms with Gasteiger partial charge in [0.15, 0.2) is 0 Å². The molecule has 0 aliphatic carbocycles. The molecule has 3 heteroatoms. The fraction of sp³-hybridized carbons (Fsp3) is 0.300. The van der Waals surface area contributed by atoms with Gasteiger partial charge in [-0.1, -0.05) is 19.4 Å². The third-order valence-electron chi connectivity index (χ3n) is 2.12. The van der Waals surface area contributed by atoms with Crippen LogP contribution in [-0.2, 0) is 6.42 Å². The summed E-state index contributed by atoms with van der Waals surface area (Å²) in [5, 5.41) is 0. The van der Waals surface area contributed by atoms with E-state index in [0.29, 0.717) is 0 Å². The maximum atomic E-state index is 10.9. The van der Waals surface area contributed by atoms with Gasteiger partial charge < -0.3 is 9.97 Å². The number of fused-ring (bicyclic) bond motifs is 1. The third kappa shape index (κ3) is 1.49. The van der Waals surface area contributed by atoms with Gasteiger partial charge in [0.1, 0.15) is 0 Å². The van der Waals surface area contributed by atoms with E-state index >= 15 is 0 Å². The molecular weight excluding hydrogens is 164 g/mol. The van der Waals surface area contributed by atoms with Crippen LogP contribution in [0.4, 0.5) is 0 Å². The Labute approximate surface area is 75.8 Å². The van der Waals surface area contributed by atoms with Crippen molar-refractivity contribution in [2.45, 2.75) is 19.8 Å². The summed E-state index contributed by atoms with van der Waals surface area (Å²) in [7, 11) is 0. The third-order valence-corrected chi connectivity index (χ3v) is 2.12. The van der Waals surface area contributed by atoms with Gasteiger partial charge in [0.05, 0.1) is 11.0 Å². The Bertz CT molecular complexity index is 467. The summed E-state index contributed by atoms with van der Waals surface area (Å²) in [6, 6.07) is 6.02. The summed E-state index contributed by atoms with van der Waals surface area (Å²) >= 11 is 0. The lowest BCUT2D eigenvalue weighted by atomic mass is 10.1. The molecule has 2 N–H and O–H groups in total. The summed E-state index contributed by atoms with van der Waals surface area (Å²) in [5.74, 6) is 0. The molecule has 0 atom stereocenters. The molecule has 0 saturated heterocycles. The second kappa shape index (κ2) is 3.09. The molecular formula is C10H12N2O. The van der Waals surface area contributed by atoms with E-state index in [-0.39, 0.29) is 5.69 Å². The predicted molar refractivity (Wildman–Crippen MR) is 52.9 cm³/mol. The molecule has 0 bridgehead atoms. The lowest BCUT2D eigenvalue weighted by molar-refractivity contribution is 0.923. The SMILES string of the molecule is CCCc1ccc2[nH]c(=O)[nH]c2c1. The lowest BCUT2D eigenvalue weighted by Crippen LogP contribution is -1.99. The number of nitrogens with one attached hydrogen (secondary N) is 2. The van der Waals surface area contributed by atoms with E-state index in [4.69, 9.17) is 0 Å². The van der Waals surface area contributed by atoms with Crippen molar-refractivity contribution in [3.05, 3.63) is 34.2 Å². The second-order valence-corrected chi connectivity index (χ2v) is 3.21. The number of hydrogen-bond donors (Lipinski definition) is 2. The number of aromatic nitrogens is 2. The van der Waals surface area contributed by atoms with Crippen LogP contribution in [0.3, 0.4) is 0 Å². The molecule has 68 valence electrons. The van der Waals surface area contributed by atoms with Gasteiger partial charge in [0.25, 0.3) is 0 Å². The molecule has 0 radical (unpaired) electrons. The summed E-state index contributed by atoms with van der Waals surface area (Å²) in [6.45, 7) is 2.14. The van der Waals surface area contributed by atoms with E-state index in [1.807, 2.05) is 12.1 Å². The molecule has 1 heterocycles. The zero-order valence-corrected chi connectivity index (χ0v) is 7.55. The van der Waals surface area contributed by atoms with Crippen LogP contribution < -0.4 is 5.69 Å². The monoisotopic (exact) mass is 176 g/mol. The van der Waals surface area contributed by atoms with Crippen molar-refractivity contribution in [1.29, 1.82) is 0 Å². The fourth-order valence-corrected chi connectivity index (χ4v) is 1.52. The van der Waals surface area contributed by atoms with Crippen LogP contribution in [0.15, 0.2) is 23.0 Å². The smallest absolute Gasteiger partial charge is 0.306 e. The van der Waals surface area contributed by atoms with E-state index < -0.39 is 0 Å². The van der Waals surface area contributed by atoms with Gasteiger partial charge >= 0.3 is 5.69 Å². The van der Waals surface area contributed by atoms with Crippen LogP contribution in [0, 0.1) is 0 Å². The van der Waals surface area contributed by atoms with Gasteiger partial charge in [-0.15, -0.1) is 0 Å². The minimum absolute atomic E-state index is 0.136. The van der Waals surface area contributed by atoms with Crippen molar-refractivity contribution in [1.82, 2.24) is 9.97 Å². The highest BCUT2D eigenvalue weighted by Gasteiger charge is 1.98. The first-order valence-electron chi connectivity index (χ1n) is 4.50. The highest BCUT2D eigenvalue weighted by Crippen LogP contribution is 2.11. The van der Waals surface area contributed by atoms with Gasteiger partial charge in [0.2, 0.25) is 0 Å². The Hall–Kier alpha value is -1.51. The zero-order valence-electron chi connectivity index (χ0n) is 7.55. The van der Waals surface area contributed by atoms with Crippen LogP contribution in [0.2, 0.25) is 0 Å². The van der Waals surface area contributed by atoms with Gasteiger partial charge in [-0.3, -0.25) is 0 Å². The molecule has 3 nitrogen and oxygen atoms in total. The highest BCUT2D eigenvalue weighted by molar-refractivity contribution is 5.74. The van der Waals surface area contributed by atoms with E-state index in [9.17, 15) is 4.79 Å². The van der Waals surface area contributed by atoms with E-state index in [1.165, 1.54) is 5.56 Å². The fourth-order valence-electron chi connectivity index (χ4n) is 1.52. The Morgan fingerprint density at radius 3 is 2.77 bits per heavy atom. The average Bonchev–Trinajstić information content (AvgIpc) is 2.44. The van der Waals surface area contributed by atoms with E-state index in [0.717, 1.165) is 23.9 Å². The average molecular weight is 176 g/mol. The topological polar surface area (TPSA) is 48.6 Å². The maximum Gasteiger partial charge on any atom is 0.323 e. The van der Waals surface area contributed by atoms with Crippen molar-refractivity contribution in [3.8, 4) is 0 Å². The second-order valence-electron chi connectivity index (χ2n) is 3.21. The highest BCUT2D eigenvalue weighted by atomic mass is 16.1. The van der Waals surface area contributed by atoms with E-state index in [1.54, 1.807) is 0 Å². The summed E-state index contributed by atoms with van der Waals surface area (Å²) < 4.78 is 0. The summed E-state index contributed by atoms with van der Waals surface area (Å²) in [4.78, 5) is 16.4. The molecule has 2 aromatic rings. The Morgan fingerprint density at radius 1 is 1.23 bits per heavy atom. The first-order chi connectivity index (χ1) is 6.29. The molecule has 0 spiro atoms. The van der Waals surface area contributed by atoms with Crippen LogP contribution in [0.1, 0.15) is 18.9 Å². The Kier molecular flexibility index (Phi) is 1.93. The first kappa shape index (κ1) is 8.10. The van der Waals surface area contributed by atoms with Crippen molar-refractivity contribution in [3.63, 3.8) is 0 Å². The molecule has 0 fully saturated rings. The zero-order chi connectivity index (χ0) is 9.26. The van der Waals surface area contributed by atoms with Gasteiger partial charge in [-0.25, -0.2) is 4.79 Å². The summed E-state index contributed by atoms with van der Waals surface area (Å²) in [5.41, 5.74) is 2.91. The number of imidazole rings is 1. The first-order valence-corrected chi connectivity index (χ1v) is 4.50. The largest absolute Gasteiger partial charge is 0.323 e. The number of H-pyrrole nitrogens is 2. The van der Waals surface area contributed by atoms with E-state index in [2.05, 4.69) is 23.0 Å². The van der Waals surface area contributed by atoms with Crippen LogP contribution in [0.25, 0.3) is 11.0 Å². The molecule has 0 unspecified atom stereocenters. The molecule has 13 heavy (non-hydrogen) atoms. The Morgan fingerprint density at radius 2 is 2.00 bits per heavy atom. The predicted octanol–water partition coefficient (Wildman–Crippen LogP) is 1.81. The number of hydrogen-bond acceptors (Lipinski definition) is 1. The standard InChI is InChI=1S/C10H12N2O/c1-2-3-7-4-5-8-9(6-7)12-10(13)11-8/h4-6H,2-3H2,1H3,(H2,11,12,13). The quantitative estimate of drug-likeness (QED) is 0.720. The van der Waals surface area contributed by atoms with Crippen molar-refractivity contribution < 1.29 is 0 Å². The van der Waals surface area contributed by atoms with Gasteiger partial charge in [0, 0.05) is 0 Å². The van der Waals surface area contributed by atoms with Crippen LogP contribution >= 0.6 is 0 Å². The minimum atomic E-state index is -0.136. The lowest BCUT2D eigenvalue weighted by Gasteiger charge is -1.96. The molecule has 2 rings (SSSR count). The van der Waals surface area contributed by atoms with Crippen molar-refractivity contribution in [2.75, 3.05) is 0 Å². The maximum absolute atomic E-state index is 10.9. The number of benzene rings is 1. The van der Waals surface area contributed by atoms with Crippen LogP contribution in [0.5, 0.6) is 0 Å². The van der Waals surface area contributed by atoms with Crippen molar-refractivity contribution in [2.24, 2.45) is 0 Å². The molecule has 1 aromatic carbocycles. The minimum Gasteiger partial charge on any atom is -0.306 e. The normalized spacial score (nSPS) is 10.8. The molecule has 0 aliphatic rings. The number of rotatable bonds is 2. The Balaban J connectivity index is 2.54. The van der Waals surface area contributed by atoms with Gasteiger partial charge in [-0.2, -0.15) is 0 Å². The molecule has 0 saturated carbocycles. The van der Waals surface area contributed by atoms with Crippen LogP contribution in [-0.4, -0.2) is 9.97 Å². The number of aromatic amines is 2. The molecule has 0 amide bonds. The number of aryl methyl sites for hydroxylation is 1. The molecule has 1 aromatic heterocycles. The van der Waals surface area contributed by atoms with Gasteiger partial charge in [-0.05, 0) is 24.1 Å². The van der Waals surface area contributed by atoms with Crippen molar-refractivity contribution >= 4 is 11.0 Å².